The third kappa shape index (κ3) is 3.55. The maximum absolute atomic E-state index is 10.7. The highest BCUT2D eigenvalue weighted by Crippen LogP contribution is 2.08. The molecule has 1 amide bonds. The van der Waals surface area contributed by atoms with E-state index in [9.17, 15) is 9.18 Å². The third-order valence-electron chi connectivity index (χ3n) is 1.33. The van der Waals surface area contributed by atoms with Gasteiger partial charge in [0.2, 0.25) is 5.91 Å². The lowest BCUT2D eigenvalue weighted by Crippen LogP contribution is -2.16. The second-order valence-electron chi connectivity index (χ2n) is 2.03. The Hall–Kier alpha value is -1.12. The van der Waals surface area contributed by atoms with Gasteiger partial charge < -0.3 is 4.90 Å². The molecule has 0 spiro atoms. The quantitative estimate of drug-likeness (QED) is 0.568. The Morgan fingerprint density at radius 2 is 2.09 bits per heavy atom. The van der Waals surface area contributed by atoms with Gasteiger partial charge in [-0.15, -0.1) is 0 Å². The van der Waals surface area contributed by atoms with Crippen molar-refractivity contribution >= 4 is 5.91 Å². The minimum absolute atomic E-state index is 0.208. The zero-order chi connectivity index (χ0) is 8.69. The van der Waals surface area contributed by atoms with Gasteiger partial charge in [0, 0.05) is 13.0 Å². The van der Waals surface area contributed by atoms with Crippen LogP contribution in [0.2, 0.25) is 0 Å². The fourth-order valence-corrected chi connectivity index (χ4v) is 0.862. The molecule has 0 N–H and O–H groups in total. The van der Waals surface area contributed by atoms with Crippen molar-refractivity contribution in [2.45, 2.75) is 12.8 Å². The summed E-state index contributed by atoms with van der Waals surface area (Å²) >= 11 is 0. The molecule has 0 aromatic carbocycles. The first-order valence-corrected chi connectivity index (χ1v) is 3.39. The monoisotopic (exact) mass is 157 g/mol. The zero-order valence-corrected chi connectivity index (χ0v) is 6.42. The minimum atomic E-state index is 0.208. The van der Waals surface area contributed by atoms with Gasteiger partial charge in [0.05, 0.1) is 6.33 Å². The van der Waals surface area contributed by atoms with Crippen LogP contribution in [0, 0.1) is 0 Å². The number of halogens is 1. The Bertz CT molecular complexity index is 156. The summed E-state index contributed by atoms with van der Waals surface area (Å²) in [6.07, 6.45) is 3.53. The largest absolute Gasteiger partial charge is 0.320 e. The summed E-state index contributed by atoms with van der Waals surface area (Å²) in [5.41, 5.74) is 0. The maximum atomic E-state index is 10.7. The van der Waals surface area contributed by atoms with Crippen molar-refractivity contribution in [1.82, 2.24) is 4.90 Å². The standard InChI is InChI=1S/C6H9NO.C2H3F/c1-2-7-5-3-4-6(7)8;1-2-3/h2H,1,3-5H2;2H,1H2. The van der Waals surface area contributed by atoms with Gasteiger partial charge in [-0.2, -0.15) is 0 Å². The van der Waals surface area contributed by atoms with Crippen molar-refractivity contribution in [2.24, 2.45) is 0 Å². The Kier molecular flexibility index (Phi) is 5.07. The molecule has 0 aromatic rings. The second-order valence-corrected chi connectivity index (χ2v) is 2.03. The Morgan fingerprint density at radius 3 is 2.27 bits per heavy atom. The Morgan fingerprint density at radius 1 is 1.55 bits per heavy atom. The van der Waals surface area contributed by atoms with Gasteiger partial charge in [0.25, 0.3) is 0 Å². The molecule has 1 aliphatic rings. The number of carbonyl (C=O) groups excluding carboxylic acids is 1. The molecule has 1 fully saturated rings. The summed E-state index contributed by atoms with van der Waals surface area (Å²) in [6, 6.07) is 0. The summed E-state index contributed by atoms with van der Waals surface area (Å²) in [6.45, 7) is 7.06. The summed E-state index contributed by atoms with van der Waals surface area (Å²) in [7, 11) is 0. The number of likely N-dealkylation sites (tertiary alicyclic amines) is 1. The fourth-order valence-electron chi connectivity index (χ4n) is 0.862. The molecule has 1 heterocycles. The highest BCUT2D eigenvalue weighted by molar-refractivity contribution is 5.78. The van der Waals surface area contributed by atoms with Crippen molar-refractivity contribution in [2.75, 3.05) is 6.54 Å². The predicted octanol–water partition coefficient (Wildman–Crippen LogP) is 1.85. The van der Waals surface area contributed by atoms with Gasteiger partial charge >= 0.3 is 0 Å². The van der Waals surface area contributed by atoms with Gasteiger partial charge in [-0.25, -0.2) is 4.39 Å². The topological polar surface area (TPSA) is 20.3 Å². The average Bonchev–Trinajstić information content (AvgIpc) is 2.36. The van der Waals surface area contributed by atoms with E-state index in [0.717, 1.165) is 13.0 Å². The van der Waals surface area contributed by atoms with Gasteiger partial charge in [0.15, 0.2) is 0 Å². The predicted molar refractivity (Wildman–Crippen MR) is 42.4 cm³/mol. The van der Waals surface area contributed by atoms with Gasteiger partial charge in [-0.3, -0.25) is 4.79 Å². The second kappa shape index (κ2) is 5.65. The highest BCUT2D eigenvalue weighted by Gasteiger charge is 2.15. The molecular formula is C8H12FNO. The van der Waals surface area contributed by atoms with Crippen LogP contribution >= 0.6 is 0 Å². The molecule has 0 radical (unpaired) electrons. The van der Waals surface area contributed by atoms with Crippen molar-refractivity contribution in [3.05, 3.63) is 25.7 Å². The van der Waals surface area contributed by atoms with Crippen LogP contribution in [0.15, 0.2) is 25.7 Å². The first kappa shape index (κ1) is 9.88. The zero-order valence-electron chi connectivity index (χ0n) is 6.42. The van der Waals surface area contributed by atoms with E-state index in [2.05, 4.69) is 13.2 Å². The third-order valence-corrected chi connectivity index (χ3v) is 1.33. The van der Waals surface area contributed by atoms with Gasteiger partial charge in [0.1, 0.15) is 0 Å². The van der Waals surface area contributed by atoms with Gasteiger partial charge in [-0.05, 0) is 12.6 Å². The van der Waals surface area contributed by atoms with E-state index < -0.39 is 0 Å². The van der Waals surface area contributed by atoms with Crippen LogP contribution in [0.3, 0.4) is 0 Å². The van der Waals surface area contributed by atoms with Crippen molar-refractivity contribution in [3.63, 3.8) is 0 Å². The molecule has 1 saturated heterocycles. The molecule has 0 aliphatic carbocycles. The molecule has 2 nitrogen and oxygen atoms in total. The highest BCUT2D eigenvalue weighted by atomic mass is 19.1. The number of amides is 1. The van der Waals surface area contributed by atoms with Crippen LogP contribution in [-0.2, 0) is 4.79 Å². The van der Waals surface area contributed by atoms with Crippen LogP contribution in [0.4, 0.5) is 4.39 Å². The molecule has 0 atom stereocenters. The summed E-state index contributed by atoms with van der Waals surface area (Å²) in [5, 5.41) is 0. The molecule has 1 aliphatic heterocycles. The summed E-state index contributed by atoms with van der Waals surface area (Å²) in [5.74, 6) is 0.208. The first-order chi connectivity index (χ1) is 5.26. The lowest BCUT2D eigenvalue weighted by molar-refractivity contribution is -0.125. The van der Waals surface area contributed by atoms with Crippen LogP contribution in [-0.4, -0.2) is 17.4 Å². The maximum Gasteiger partial charge on any atom is 0.226 e. The molecule has 3 heteroatoms. The normalized spacial score (nSPS) is 15.4. The fraction of sp³-hybridized carbons (Fsp3) is 0.375. The molecule has 0 aromatic heterocycles. The molecule has 1 rings (SSSR count). The number of carbonyl (C=O) groups is 1. The first-order valence-electron chi connectivity index (χ1n) is 3.39. The molecule has 0 bridgehead atoms. The van der Waals surface area contributed by atoms with E-state index in [1.54, 1.807) is 11.1 Å². The summed E-state index contributed by atoms with van der Waals surface area (Å²) < 4.78 is 10.1. The smallest absolute Gasteiger partial charge is 0.226 e. The Balaban J connectivity index is 0.000000292. The number of hydrogen-bond acceptors (Lipinski definition) is 1. The molecule has 62 valence electrons. The van der Waals surface area contributed by atoms with E-state index in [1.807, 2.05) is 0 Å². The minimum Gasteiger partial charge on any atom is -0.320 e. The number of rotatable bonds is 1. The van der Waals surface area contributed by atoms with Crippen LogP contribution in [0.5, 0.6) is 0 Å². The van der Waals surface area contributed by atoms with Crippen LogP contribution in [0.25, 0.3) is 0 Å². The van der Waals surface area contributed by atoms with Crippen molar-refractivity contribution in [3.8, 4) is 0 Å². The molecular weight excluding hydrogens is 145 g/mol. The lowest BCUT2D eigenvalue weighted by atomic mass is 10.4. The lowest BCUT2D eigenvalue weighted by Gasteiger charge is -2.05. The molecule has 0 saturated carbocycles. The van der Waals surface area contributed by atoms with E-state index in [1.165, 1.54) is 0 Å². The number of nitrogens with zero attached hydrogens (tertiary/aromatic N) is 1. The van der Waals surface area contributed by atoms with Crippen molar-refractivity contribution < 1.29 is 9.18 Å². The average molecular weight is 157 g/mol. The van der Waals surface area contributed by atoms with E-state index in [-0.39, 0.29) is 12.2 Å². The van der Waals surface area contributed by atoms with E-state index >= 15 is 0 Å². The summed E-state index contributed by atoms with van der Waals surface area (Å²) in [4.78, 5) is 12.3. The number of hydrogen-bond donors (Lipinski definition) is 0. The molecule has 11 heavy (non-hydrogen) atoms. The molecule has 0 unspecified atom stereocenters. The van der Waals surface area contributed by atoms with E-state index in [4.69, 9.17) is 0 Å². The van der Waals surface area contributed by atoms with Crippen LogP contribution in [0.1, 0.15) is 12.8 Å². The van der Waals surface area contributed by atoms with E-state index in [0.29, 0.717) is 6.42 Å². The van der Waals surface area contributed by atoms with Gasteiger partial charge in [-0.1, -0.05) is 13.2 Å². The van der Waals surface area contributed by atoms with Crippen LogP contribution < -0.4 is 0 Å². The Labute approximate surface area is 66.0 Å². The van der Waals surface area contributed by atoms with Crippen molar-refractivity contribution in [1.29, 1.82) is 0 Å². The SMILES string of the molecule is C=CF.C=CN1CCCC1=O.